The van der Waals surface area contributed by atoms with Gasteiger partial charge in [-0.3, -0.25) is 0 Å². The summed E-state index contributed by atoms with van der Waals surface area (Å²) in [5.74, 6) is 0. The first-order valence-electron chi connectivity index (χ1n) is 6.50. The molecule has 0 bridgehead atoms. The summed E-state index contributed by atoms with van der Waals surface area (Å²) in [5.41, 5.74) is 2.65. The lowest BCUT2D eigenvalue weighted by molar-refractivity contribution is 0.00844. The minimum atomic E-state index is -0.105. The maximum atomic E-state index is 5.44. The highest BCUT2D eigenvalue weighted by molar-refractivity contribution is 5.73. The van der Waals surface area contributed by atoms with Crippen molar-refractivity contribution >= 4 is 11.0 Å². The van der Waals surface area contributed by atoms with Gasteiger partial charge in [-0.05, 0) is 55.2 Å². The Morgan fingerprint density at radius 1 is 1.32 bits per heavy atom. The summed E-state index contributed by atoms with van der Waals surface area (Å²) in [4.78, 5) is 0. The Kier molecular flexibility index (Phi) is 4.17. The molecule has 0 amide bonds. The van der Waals surface area contributed by atoms with Crippen LogP contribution >= 0.6 is 0 Å². The van der Waals surface area contributed by atoms with Crippen LogP contribution in [0.4, 0.5) is 0 Å². The van der Waals surface area contributed by atoms with E-state index >= 15 is 0 Å². The SMILES string of the molecule is COC(C)(C)C[C@@H](C)NCc1ccc2nonc2c1. The van der Waals surface area contributed by atoms with Gasteiger partial charge in [0.05, 0.1) is 5.60 Å². The summed E-state index contributed by atoms with van der Waals surface area (Å²) < 4.78 is 10.1. The summed E-state index contributed by atoms with van der Waals surface area (Å²) in [6.07, 6.45) is 0.956. The number of methoxy groups -OCH3 is 1. The fourth-order valence-corrected chi connectivity index (χ4v) is 2.12. The Labute approximate surface area is 113 Å². The second-order valence-corrected chi connectivity index (χ2v) is 5.54. The van der Waals surface area contributed by atoms with E-state index in [0.717, 1.165) is 24.0 Å². The first kappa shape index (κ1) is 14.0. The standard InChI is InChI=1S/C14H21N3O2/c1-10(8-14(2,3)18-4)15-9-11-5-6-12-13(7-11)17-19-16-12/h5-7,10,15H,8-9H2,1-4H3/t10-/m1/s1. The lowest BCUT2D eigenvalue weighted by Gasteiger charge is -2.27. The highest BCUT2D eigenvalue weighted by atomic mass is 16.6. The molecule has 0 aliphatic heterocycles. The average Bonchev–Trinajstić information content (AvgIpc) is 2.83. The normalized spacial score (nSPS) is 13.9. The van der Waals surface area contributed by atoms with Gasteiger partial charge in [-0.1, -0.05) is 6.07 Å². The van der Waals surface area contributed by atoms with Crippen molar-refractivity contribution in [1.82, 2.24) is 15.6 Å². The molecule has 0 spiro atoms. The van der Waals surface area contributed by atoms with Crippen LogP contribution in [0.2, 0.25) is 0 Å². The minimum Gasteiger partial charge on any atom is -0.379 e. The van der Waals surface area contributed by atoms with E-state index in [0.29, 0.717) is 6.04 Å². The third-order valence-electron chi connectivity index (χ3n) is 3.32. The van der Waals surface area contributed by atoms with Crippen LogP contribution in [0, 0.1) is 0 Å². The van der Waals surface area contributed by atoms with Crippen molar-refractivity contribution in [3.05, 3.63) is 23.8 Å². The van der Waals surface area contributed by atoms with Crippen molar-refractivity contribution in [3.8, 4) is 0 Å². The van der Waals surface area contributed by atoms with Crippen LogP contribution in [-0.4, -0.2) is 29.1 Å². The number of hydrogen-bond acceptors (Lipinski definition) is 5. The topological polar surface area (TPSA) is 60.2 Å². The maximum absolute atomic E-state index is 5.44. The first-order chi connectivity index (χ1) is 9.00. The molecule has 1 heterocycles. The second kappa shape index (κ2) is 5.67. The second-order valence-electron chi connectivity index (χ2n) is 5.54. The van der Waals surface area contributed by atoms with Crippen molar-refractivity contribution in [2.75, 3.05) is 7.11 Å². The van der Waals surface area contributed by atoms with Crippen LogP contribution < -0.4 is 5.32 Å². The van der Waals surface area contributed by atoms with Gasteiger partial charge in [0.15, 0.2) is 0 Å². The summed E-state index contributed by atoms with van der Waals surface area (Å²) in [5, 5.41) is 11.1. The zero-order valence-electron chi connectivity index (χ0n) is 11.9. The highest BCUT2D eigenvalue weighted by Gasteiger charge is 2.19. The lowest BCUT2D eigenvalue weighted by atomic mass is 9.99. The molecule has 1 N–H and O–H groups in total. The van der Waals surface area contributed by atoms with E-state index in [2.05, 4.69) is 41.0 Å². The Bertz CT molecular complexity index is 536. The number of ether oxygens (including phenoxy) is 1. The van der Waals surface area contributed by atoms with Crippen LogP contribution in [0.15, 0.2) is 22.8 Å². The molecule has 0 fully saturated rings. The molecule has 19 heavy (non-hydrogen) atoms. The predicted octanol–water partition coefficient (Wildman–Crippen LogP) is 2.52. The Hall–Kier alpha value is -1.46. The molecule has 0 saturated carbocycles. The Morgan fingerprint density at radius 3 is 2.79 bits per heavy atom. The van der Waals surface area contributed by atoms with Gasteiger partial charge in [0.25, 0.3) is 0 Å². The molecule has 1 aromatic carbocycles. The van der Waals surface area contributed by atoms with Crippen LogP contribution in [0.25, 0.3) is 11.0 Å². The highest BCUT2D eigenvalue weighted by Crippen LogP contribution is 2.16. The summed E-state index contributed by atoms with van der Waals surface area (Å²) in [6, 6.07) is 6.33. The van der Waals surface area contributed by atoms with Gasteiger partial charge < -0.3 is 10.1 Å². The van der Waals surface area contributed by atoms with E-state index in [1.54, 1.807) is 7.11 Å². The van der Waals surface area contributed by atoms with Crippen molar-refractivity contribution in [1.29, 1.82) is 0 Å². The molecule has 1 aromatic heterocycles. The largest absolute Gasteiger partial charge is 0.379 e. The van der Waals surface area contributed by atoms with E-state index in [1.807, 2.05) is 18.2 Å². The monoisotopic (exact) mass is 263 g/mol. The van der Waals surface area contributed by atoms with Crippen LogP contribution in [-0.2, 0) is 11.3 Å². The van der Waals surface area contributed by atoms with E-state index in [-0.39, 0.29) is 5.60 Å². The Morgan fingerprint density at radius 2 is 2.05 bits per heavy atom. The summed E-state index contributed by atoms with van der Waals surface area (Å²) in [7, 11) is 1.75. The summed E-state index contributed by atoms with van der Waals surface area (Å²) >= 11 is 0. The maximum Gasteiger partial charge on any atom is 0.135 e. The zero-order valence-corrected chi connectivity index (χ0v) is 11.9. The van der Waals surface area contributed by atoms with Crippen LogP contribution in [0.5, 0.6) is 0 Å². The van der Waals surface area contributed by atoms with Crippen molar-refractivity contribution in [3.63, 3.8) is 0 Å². The number of nitrogens with one attached hydrogen (secondary N) is 1. The van der Waals surface area contributed by atoms with Crippen molar-refractivity contribution in [2.45, 2.75) is 45.4 Å². The third kappa shape index (κ3) is 3.75. The third-order valence-corrected chi connectivity index (χ3v) is 3.32. The van der Waals surface area contributed by atoms with Gasteiger partial charge in [0, 0.05) is 19.7 Å². The quantitative estimate of drug-likeness (QED) is 0.867. The number of rotatable bonds is 6. The van der Waals surface area contributed by atoms with Crippen molar-refractivity contribution in [2.24, 2.45) is 0 Å². The van der Waals surface area contributed by atoms with Gasteiger partial charge in [-0.2, -0.15) is 0 Å². The molecule has 2 aromatic rings. The first-order valence-corrected chi connectivity index (χ1v) is 6.50. The van der Waals surface area contributed by atoms with E-state index < -0.39 is 0 Å². The fourth-order valence-electron chi connectivity index (χ4n) is 2.12. The van der Waals surface area contributed by atoms with Crippen LogP contribution in [0.3, 0.4) is 0 Å². The fraction of sp³-hybridized carbons (Fsp3) is 0.571. The molecule has 2 rings (SSSR count). The number of benzene rings is 1. The zero-order chi connectivity index (χ0) is 13.9. The van der Waals surface area contributed by atoms with Crippen molar-refractivity contribution < 1.29 is 9.37 Å². The molecule has 0 unspecified atom stereocenters. The van der Waals surface area contributed by atoms with Gasteiger partial charge >= 0.3 is 0 Å². The predicted molar refractivity (Wildman–Crippen MR) is 73.8 cm³/mol. The smallest absolute Gasteiger partial charge is 0.135 e. The van der Waals surface area contributed by atoms with Gasteiger partial charge in [0.2, 0.25) is 0 Å². The minimum absolute atomic E-state index is 0.105. The number of aromatic nitrogens is 2. The van der Waals surface area contributed by atoms with Gasteiger partial charge in [-0.25, -0.2) is 4.63 Å². The van der Waals surface area contributed by atoms with Crippen LogP contribution in [0.1, 0.15) is 32.8 Å². The molecule has 0 aliphatic carbocycles. The summed E-state index contributed by atoms with van der Waals surface area (Å²) in [6.45, 7) is 7.15. The molecule has 104 valence electrons. The molecule has 1 atom stereocenters. The van der Waals surface area contributed by atoms with E-state index in [9.17, 15) is 0 Å². The van der Waals surface area contributed by atoms with Gasteiger partial charge in [-0.15, -0.1) is 0 Å². The Balaban J connectivity index is 1.91. The van der Waals surface area contributed by atoms with E-state index in [4.69, 9.17) is 4.74 Å². The number of fused-ring (bicyclic) bond motifs is 1. The molecule has 0 aliphatic rings. The average molecular weight is 263 g/mol. The van der Waals surface area contributed by atoms with E-state index in [1.165, 1.54) is 5.56 Å². The molecule has 5 heteroatoms. The molecular weight excluding hydrogens is 242 g/mol. The number of nitrogens with zero attached hydrogens (tertiary/aromatic N) is 2. The lowest BCUT2D eigenvalue weighted by Crippen LogP contribution is -2.35. The molecule has 0 radical (unpaired) electrons. The van der Waals surface area contributed by atoms with Gasteiger partial charge in [0.1, 0.15) is 11.0 Å². The molecule has 5 nitrogen and oxygen atoms in total. The number of hydrogen-bond donors (Lipinski definition) is 1. The molecule has 0 saturated heterocycles. The molecular formula is C14H21N3O2.